The Labute approximate surface area is 345 Å². The fourth-order valence-corrected chi connectivity index (χ4v) is 7.88. The van der Waals surface area contributed by atoms with Crippen molar-refractivity contribution in [2.75, 3.05) is 19.4 Å². The molecule has 0 radical (unpaired) electrons. The van der Waals surface area contributed by atoms with Crippen LogP contribution in [0.3, 0.4) is 0 Å². The molecule has 0 bridgehead atoms. The van der Waals surface area contributed by atoms with Gasteiger partial charge < -0.3 is 31.1 Å². The Balaban J connectivity index is 1.35. The van der Waals surface area contributed by atoms with Gasteiger partial charge in [0.15, 0.2) is 0 Å². The molecule has 12 heteroatoms. The van der Waals surface area contributed by atoms with Gasteiger partial charge in [0.1, 0.15) is 24.7 Å². The summed E-state index contributed by atoms with van der Waals surface area (Å²) >= 11 is 1.80. The maximum atomic E-state index is 13.6. The Hall–Kier alpha value is -5.72. The summed E-state index contributed by atoms with van der Waals surface area (Å²) in [5.41, 5.74) is 4.23. The molecule has 4 aromatic rings. The van der Waals surface area contributed by atoms with E-state index < -0.39 is 58.6 Å². The van der Waals surface area contributed by atoms with E-state index in [1.54, 1.807) is 56.0 Å². The van der Waals surface area contributed by atoms with Crippen LogP contribution in [0.25, 0.3) is 0 Å². The van der Waals surface area contributed by atoms with Crippen LogP contribution in [0.5, 0.6) is 0 Å². The molecule has 58 heavy (non-hydrogen) atoms. The van der Waals surface area contributed by atoms with E-state index in [2.05, 4.69) is 62.4 Å². The summed E-state index contributed by atoms with van der Waals surface area (Å²) in [5, 5.41) is 21.2. The number of carbonyl (C=O) groups excluding carboxylic acids is 5. The van der Waals surface area contributed by atoms with E-state index in [0.29, 0.717) is 6.42 Å². The molecule has 0 heterocycles. The molecule has 0 spiro atoms. The fourth-order valence-electron chi connectivity index (χ4n) is 6.41. The van der Waals surface area contributed by atoms with Gasteiger partial charge in [-0.1, -0.05) is 147 Å². The molecule has 5 N–H and O–H groups in total. The van der Waals surface area contributed by atoms with E-state index in [0.717, 1.165) is 28.0 Å². The number of nitrogens with one attached hydrogen (secondary N) is 4. The molecule has 4 rings (SSSR count). The molecule has 306 valence electrons. The van der Waals surface area contributed by atoms with Gasteiger partial charge >= 0.3 is 5.97 Å². The number of esters is 1. The average Bonchev–Trinajstić information content (AvgIpc) is 3.23. The third kappa shape index (κ3) is 13.2. The number of hydrogen-bond donors (Lipinski definition) is 5. The fraction of sp³-hybridized carbons (Fsp3) is 0.326. The van der Waals surface area contributed by atoms with Crippen LogP contribution in [-0.4, -0.2) is 78.3 Å². The lowest BCUT2D eigenvalue weighted by Gasteiger charge is -2.35. The third-order valence-corrected chi connectivity index (χ3v) is 11.0. The van der Waals surface area contributed by atoms with Crippen molar-refractivity contribution in [1.29, 1.82) is 0 Å². The lowest BCUT2D eigenvalue weighted by atomic mass is 9.84. The van der Waals surface area contributed by atoms with Gasteiger partial charge in [-0.15, -0.1) is 11.8 Å². The number of carbonyl (C=O) groups is 5. The van der Waals surface area contributed by atoms with Crippen LogP contribution in [-0.2, 0) is 39.9 Å². The molecule has 11 nitrogen and oxygen atoms in total. The number of thioether (sulfide) groups is 1. The van der Waals surface area contributed by atoms with Gasteiger partial charge in [0.25, 0.3) is 0 Å². The lowest BCUT2D eigenvalue weighted by molar-refractivity contribution is -0.141. The summed E-state index contributed by atoms with van der Waals surface area (Å²) < 4.78 is 4.11. The maximum Gasteiger partial charge on any atom is 0.325 e. The normalized spacial score (nSPS) is 13.5. The molecule has 0 saturated carbocycles. The van der Waals surface area contributed by atoms with Gasteiger partial charge in [0.05, 0.1) is 24.4 Å². The SMILES string of the molecule is COC(=O)CNC(=O)[C@H](NC(=O)[C@@H](Cc1ccccc1)NC(=O)[C@@H](C)NC(=O)C[C@@H](O)/C=C/CCSC(c1ccccc1)(c1ccccc1)c1ccccc1)C(C)C. The summed E-state index contributed by atoms with van der Waals surface area (Å²) in [4.78, 5) is 64.3. The second-order valence-corrected chi connectivity index (χ2v) is 15.5. The van der Waals surface area contributed by atoms with Gasteiger partial charge in [-0.25, -0.2) is 0 Å². The molecule has 0 unspecified atom stereocenters. The van der Waals surface area contributed by atoms with Crippen LogP contribution in [0.2, 0.25) is 0 Å². The summed E-state index contributed by atoms with van der Waals surface area (Å²) in [6.45, 7) is 4.60. The number of amides is 4. The monoisotopic (exact) mass is 806 g/mol. The second-order valence-electron chi connectivity index (χ2n) is 14.2. The summed E-state index contributed by atoms with van der Waals surface area (Å²) in [6, 6.07) is 37.1. The van der Waals surface area contributed by atoms with Crippen LogP contribution in [0.15, 0.2) is 133 Å². The average molecular weight is 807 g/mol. The van der Waals surface area contributed by atoms with Crippen LogP contribution in [0.1, 0.15) is 55.9 Å². The summed E-state index contributed by atoms with van der Waals surface area (Å²) in [5.74, 6) is -2.63. The first-order valence-electron chi connectivity index (χ1n) is 19.4. The minimum absolute atomic E-state index is 0.110. The molecule has 0 saturated heterocycles. The van der Waals surface area contributed by atoms with Crippen molar-refractivity contribution in [3.8, 4) is 0 Å². The molecule has 0 aliphatic rings. The smallest absolute Gasteiger partial charge is 0.325 e. The standard InChI is InChI=1S/C46H54N4O7S/c1-32(2)42(45(56)47-31-41(53)57-4)50-44(55)39(29-34-19-9-5-10-20-34)49-43(54)33(3)48-40(52)30-38(51)27-17-18-28-58-46(35-21-11-6-12-22-35,36-23-13-7-14-24-36)37-25-15-8-16-26-37/h5-17,19-27,32-33,38-39,42,51H,18,28-31H2,1-4H3,(H,47,56)(H,48,52)(H,49,54)(H,50,55)/b27-17+/t33-,38+,39-,42-/m1/s1. The summed E-state index contributed by atoms with van der Waals surface area (Å²) in [7, 11) is 1.20. The molecule has 0 aliphatic carbocycles. The Morgan fingerprint density at radius 3 is 1.72 bits per heavy atom. The van der Waals surface area contributed by atoms with Crippen molar-refractivity contribution in [2.24, 2.45) is 5.92 Å². The minimum atomic E-state index is -1.10. The van der Waals surface area contributed by atoms with Crippen LogP contribution in [0, 0.1) is 5.92 Å². The zero-order valence-electron chi connectivity index (χ0n) is 33.4. The van der Waals surface area contributed by atoms with Crippen molar-refractivity contribution in [3.63, 3.8) is 0 Å². The molecule has 0 fully saturated rings. The highest BCUT2D eigenvalue weighted by molar-refractivity contribution is 8.00. The number of aliphatic hydroxyl groups excluding tert-OH is 1. The number of ether oxygens (including phenoxy) is 1. The number of hydrogen-bond acceptors (Lipinski definition) is 8. The van der Waals surface area contributed by atoms with E-state index in [1.165, 1.54) is 14.0 Å². The topological polar surface area (TPSA) is 163 Å². The van der Waals surface area contributed by atoms with Gasteiger partial charge in [-0.3, -0.25) is 24.0 Å². The largest absolute Gasteiger partial charge is 0.468 e. The predicted octanol–water partition coefficient (Wildman–Crippen LogP) is 5.07. The first-order valence-corrected chi connectivity index (χ1v) is 20.4. The molecule has 4 aromatic carbocycles. The highest BCUT2D eigenvalue weighted by Gasteiger charge is 2.36. The van der Waals surface area contributed by atoms with E-state index >= 15 is 0 Å². The highest BCUT2D eigenvalue weighted by atomic mass is 32.2. The van der Waals surface area contributed by atoms with Crippen molar-refractivity contribution in [1.82, 2.24) is 21.3 Å². The van der Waals surface area contributed by atoms with Crippen molar-refractivity contribution >= 4 is 41.4 Å². The highest BCUT2D eigenvalue weighted by Crippen LogP contribution is 2.48. The number of aliphatic hydroxyl groups is 1. The van der Waals surface area contributed by atoms with Crippen molar-refractivity contribution in [3.05, 3.63) is 156 Å². The van der Waals surface area contributed by atoms with E-state index in [9.17, 15) is 29.1 Å². The number of methoxy groups -OCH3 is 1. The van der Waals surface area contributed by atoms with E-state index in [1.807, 2.05) is 66.7 Å². The van der Waals surface area contributed by atoms with Crippen LogP contribution < -0.4 is 21.3 Å². The Morgan fingerprint density at radius 1 is 0.707 bits per heavy atom. The number of rotatable bonds is 21. The first kappa shape index (κ1) is 45.0. The predicted molar refractivity (Wildman–Crippen MR) is 228 cm³/mol. The lowest BCUT2D eigenvalue weighted by Crippen LogP contribution is -2.58. The van der Waals surface area contributed by atoms with Crippen LogP contribution >= 0.6 is 11.8 Å². The van der Waals surface area contributed by atoms with Gasteiger partial charge in [0.2, 0.25) is 23.6 Å². The zero-order valence-corrected chi connectivity index (χ0v) is 34.2. The summed E-state index contributed by atoms with van der Waals surface area (Å²) in [6.07, 6.45) is 2.84. The molecule has 4 atom stereocenters. The number of benzene rings is 4. The quantitative estimate of drug-likeness (QED) is 0.0338. The third-order valence-electron chi connectivity index (χ3n) is 9.46. The second kappa shape index (κ2) is 22.9. The first-order chi connectivity index (χ1) is 27.9. The van der Waals surface area contributed by atoms with Gasteiger partial charge in [0, 0.05) is 6.42 Å². The molecule has 0 aromatic heterocycles. The van der Waals surface area contributed by atoms with Crippen molar-refractivity contribution in [2.45, 2.75) is 69.0 Å². The Kier molecular flexibility index (Phi) is 17.7. The zero-order chi connectivity index (χ0) is 41.9. The number of allylic oxidation sites excluding steroid dienone is 1. The molecule has 4 amide bonds. The maximum absolute atomic E-state index is 13.6. The Morgan fingerprint density at radius 2 is 1.22 bits per heavy atom. The van der Waals surface area contributed by atoms with Crippen LogP contribution in [0.4, 0.5) is 0 Å². The molecular formula is C46H54N4O7S. The Bertz CT molecular complexity index is 1850. The van der Waals surface area contributed by atoms with E-state index in [4.69, 9.17) is 0 Å². The van der Waals surface area contributed by atoms with E-state index in [-0.39, 0.29) is 25.3 Å². The van der Waals surface area contributed by atoms with Gasteiger partial charge in [-0.2, -0.15) is 0 Å². The van der Waals surface area contributed by atoms with Gasteiger partial charge in [-0.05, 0) is 47.3 Å². The molecular weight excluding hydrogens is 753 g/mol. The molecule has 0 aliphatic heterocycles. The van der Waals surface area contributed by atoms with Crippen molar-refractivity contribution < 1.29 is 33.8 Å². The minimum Gasteiger partial charge on any atom is -0.468 e.